The number of unbranched alkanes of at least 4 members (excludes halogenated alkanes) is 1. The minimum atomic E-state index is -0.871. The molecule has 0 saturated carbocycles. The summed E-state index contributed by atoms with van der Waals surface area (Å²) in [5.41, 5.74) is 0. The average molecular weight is 267 g/mol. The van der Waals surface area contributed by atoms with Gasteiger partial charge in [-0.05, 0) is 25.2 Å². The van der Waals surface area contributed by atoms with E-state index in [0.717, 1.165) is 12.8 Å². The lowest BCUT2D eigenvalue weighted by Gasteiger charge is -2.24. The van der Waals surface area contributed by atoms with E-state index in [1.54, 1.807) is 0 Å². The van der Waals surface area contributed by atoms with E-state index < -0.39 is 17.8 Å². The fourth-order valence-electron chi connectivity index (χ4n) is 2.40. The summed E-state index contributed by atoms with van der Waals surface area (Å²) in [6, 6.07) is 0. The summed E-state index contributed by atoms with van der Waals surface area (Å²) in [7, 11) is 0. The third-order valence-electron chi connectivity index (χ3n) is 3.59. The Morgan fingerprint density at radius 2 is 1.84 bits per heavy atom. The normalized spacial score (nSPS) is 22.5. The molecule has 0 saturated heterocycles. The lowest BCUT2D eigenvalue weighted by Crippen LogP contribution is -2.39. The van der Waals surface area contributed by atoms with Crippen molar-refractivity contribution in [1.29, 1.82) is 0 Å². The van der Waals surface area contributed by atoms with Crippen molar-refractivity contribution in [3.05, 3.63) is 12.2 Å². The molecule has 108 valence electrons. The maximum Gasteiger partial charge on any atom is 0.307 e. The van der Waals surface area contributed by atoms with Crippen molar-refractivity contribution in [3.8, 4) is 0 Å². The first-order valence-corrected chi connectivity index (χ1v) is 7.18. The lowest BCUT2D eigenvalue weighted by molar-refractivity contribution is -0.147. The van der Waals surface area contributed by atoms with Gasteiger partial charge in [0.05, 0.1) is 11.8 Å². The highest BCUT2D eigenvalue weighted by Gasteiger charge is 2.33. The molecule has 0 aromatic heterocycles. The number of allylic oxidation sites excluding steroid dienone is 2. The van der Waals surface area contributed by atoms with Crippen molar-refractivity contribution in [1.82, 2.24) is 5.32 Å². The number of hydrogen-bond donors (Lipinski definition) is 2. The molecule has 2 N–H and O–H groups in total. The highest BCUT2D eigenvalue weighted by Crippen LogP contribution is 2.25. The molecule has 19 heavy (non-hydrogen) atoms. The highest BCUT2D eigenvalue weighted by molar-refractivity contribution is 5.85. The second-order valence-corrected chi connectivity index (χ2v) is 5.67. The Morgan fingerprint density at radius 1 is 1.21 bits per heavy atom. The lowest BCUT2D eigenvalue weighted by atomic mass is 9.82. The maximum absolute atomic E-state index is 12.0. The van der Waals surface area contributed by atoms with E-state index in [1.807, 2.05) is 12.2 Å². The molecule has 0 spiro atoms. The van der Waals surface area contributed by atoms with Crippen LogP contribution in [0.5, 0.6) is 0 Å². The number of carboxylic acid groups (broad SMARTS) is 1. The molecular formula is C15H25NO3. The van der Waals surface area contributed by atoms with E-state index in [-0.39, 0.29) is 5.91 Å². The molecule has 2 atom stereocenters. The topological polar surface area (TPSA) is 66.4 Å². The van der Waals surface area contributed by atoms with Crippen LogP contribution in [-0.2, 0) is 9.59 Å². The number of carboxylic acids is 1. The van der Waals surface area contributed by atoms with Crippen LogP contribution in [-0.4, -0.2) is 23.5 Å². The predicted molar refractivity (Wildman–Crippen MR) is 74.7 cm³/mol. The van der Waals surface area contributed by atoms with Gasteiger partial charge in [0.2, 0.25) is 5.91 Å². The minimum Gasteiger partial charge on any atom is -0.481 e. The summed E-state index contributed by atoms with van der Waals surface area (Å²) in [4.78, 5) is 23.1. The van der Waals surface area contributed by atoms with E-state index in [0.29, 0.717) is 25.3 Å². The van der Waals surface area contributed by atoms with Gasteiger partial charge in [0.25, 0.3) is 0 Å². The standard InChI is InChI=1S/C15H25NO3/c1-11(2)7-5-6-10-16-14(17)12-8-3-4-9-13(12)15(18)19/h3-4,11-13H,5-10H2,1-2H3,(H,16,17)(H,18,19). The summed E-state index contributed by atoms with van der Waals surface area (Å²) in [5.74, 6) is -1.27. The molecule has 4 nitrogen and oxygen atoms in total. The molecule has 0 aromatic rings. The van der Waals surface area contributed by atoms with Gasteiger partial charge in [0.1, 0.15) is 0 Å². The average Bonchev–Trinajstić information content (AvgIpc) is 2.37. The monoisotopic (exact) mass is 267 g/mol. The molecule has 1 aliphatic rings. The van der Waals surface area contributed by atoms with Crippen molar-refractivity contribution in [2.24, 2.45) is 17.8 Å². The smallest absolute Gasteiger partial charge is 0.307 e. The first kappa shape index (κ1) is 15.7. The minimum absolute atomic E-state index is 0.110. The number of hydrogen-bond acceptors (Lipinski definition) is 2. The fraction of sp³-hybridized carbons (Fsp3) is 0.733. The third-order valence-corrected chi connectivity index (χ3v) is 3.59. The molecule has 0 aromatic carbocycles. The SMILES string of the molecule is CC(C)CCCCNC(=O)C1CC=CCC1C(=O)O. The number of carbonyl (C=O) groups excluding carboxylic acids is 1. The Kier molecular flexibility index (Phi) is 6.60. The highest BCUT2D eigenvalue weighted by atomic mass is 16.4. The number of nitrogens with one attached hydrogen (secondary N) is 1. The van der Waals surface area contributed by atoms with Crippen molar-refractivity contribution in [2.75, 3.05) is 6.54 Å². The zero-order chi connectivity index (χ0) is 14.3. The zero-order valence-electron chi connectivity index (χ0n) is 11.9. The van der Waals surface area contributed by atoms with E-state index >= 15 is 0 Å². The molecule has 1 amide bonds. The first-order valence-electron chi connectivity index (χ1n) is 7.18. The van der Waals surface area contributed by atoms with Crippen LogP contribution >= 0.6 is 0 Å². The number of aliphatic carboxylic acids is 1. The van der Waals surface area contributed by atoms with Gasteiger partial charge in [-0.25, -0.2) is 0 Å². The Morgan fingerprint density at radius 3 is 2.42 bits per heavy atom. The van der Waals surface area contributed by atoms with Crippen molar-refractivity contribution < 1.29 is 14.7 Å². The van der Waals surface area contributed by atoms with Crippen LogP contribution in [0, 0.1) is 17.8 Å². The summed E-state index contributed by atoms with van der Waals surface area (Å²) in [6.45, 7) is 5.02. The van der Waals surface area contributed by atoms with Gasteiger partial charge in [-0.3, -0.25) is 9.59 Å². The predicted octanol–water partition coefficient (Wildman–Crippen LogP) is 2.60. The summed E-state index contributed by atoms with van der Waals surface area (Å²) < 4.78 is 0. The molecule has 2 unspecified atom stereocenters. The molecule has 0 bridgehead atoms. The molecule has 0 fully saturated rings. The van der Waals surface area contributed by atoms with Gasteiger partial charge in [-0.2, -0.15) is 0 Å². The summed E-state index contributed by atoms with van der Waals surface area (Å²) in [6.07, 6.45) is 7.98. The second-order valence-electron chi connectivity index (χ2n) is 5.67. The molecule has 1 rings (SSSR count). The zero-order valence-corrected chi connectivity index (χ0v) is 11.9. The molecule has 4 heteroatoms. The van der Waals surface area contributed by atoms with Gasteiger partial charge in [0, 0.05) is 6.54 Å². The van der Waals surface area contributed by atoms with Crippen LogP contribution in [0.1, 0.15) is 46.0 Å². The fourth-order valence-corrected chi connectivity index (χ4v) is 2.40. The first-order chi connectivity index (χ1) is 9.02. The largest absolute Gasteiger partial charge is 0.481 e. The van der Waals surface area contributed by atoms with Gasteiger partial charge in [0.15, 0.2) is 0 Å². The number of amides is 1. The van der Waals surface area contributed by atoms with E-state index in [1.165, 1.54) is 6.42 Å². The van der Waals surface area contributed by atoms with Crippen LogP contribution in [0.4, 0.5) is 0 Å². The van der Waals surface area contributed by atoms with Crippen molar-refractivity contribution in [2.45, 2.75) is 46.0 Å². The van der Waals surface area contributed by atoms with Crippen LogP contribution in [0.25, 0.3) is 0 Å². The molecule has 0 aliphatic heterocycles. The number of carbonyl (C=O) groups is 2. The van der Waals surface area contributed by atoms with Crippen LogP contribution in [0.15, 0.2) is 12.2 Å². The van der Waals surface area contributed by atoms with Crippen LogP contribution < -0.4 is 5.32 Å². The van der Waals surface area contributed by atoms with Gasteiger partial charge in [-0.1, -0.05) is 38.8 Å². The molecular weight excluding hydrogens is 242 g/mol. The molecule has 1 aliphatic carbocycles. The summed E-state index contributed by atoms with van der Waals surface area (Å²) >= 11 is 0. The van der Waals surface area contributed by atoms with Crippen molar-refractivity contribution >= 4 is 11.9 Å². The maximum atomic E-state index is 12.0. The Balaban J connectivity index is 2.31. The van der Waals surface area contributed by atoms with Crippen LogP contribution in [0.2, 0.25) is 0 Å². The van der Waals surface area contributed by atoms with Gasteiger partial charge in [-0.15, -0.1) is 0 Å². The molecule has 0 radical (unpaired) electrons. The van der Waals surface area contributed by atoms with Crippen molar-refractivity contribution in [3.63, 3.8) is 0 Å². The van der Waals surface area contributed by atoms with E-state index in [2.05, 4.69) is 19.2 Å². The Hall–Kier alpha value is -1.32. The van der Waals surface area contributed by atoms with Crippen LogP contribution in [0.3, 0.4) is 0 Å². The molecule has 0 heterocycles. The summed E-state index contributed by atoms with van der Waals surface area (Å²) in [5, 5.41) is 12.0. The second kappa shape index (κ2) is 7.97. The van der Waals surface area contributed by atoms with E-state index in [9.17, 15) is 9.59 Å². The van der Waals surface area contributed by atoms with E-state index in [4.69, 9.17) is 5.11 Å². The van der Waals surface area contributed by atoms with Gasteiger partial charge < -0.3 is 10.4 Å². The quantitative estimate of drug-likeness (QED) is 0.550. The van der Waals surface area contributed by atoms with Gasteiger partial charge >= 0.3 is 5.97 Å². The Bertz CT molecular complexity index is 336. The number of rotatable bonds is 7. The third kappa shape index (κ3) is 5.45. The Labute approximate surface area is 115 Å².